The normalized spacial score (nSPS) is 11.2. The average Bonchev–Trinajstić information content (AvgIpc) is 2.72. The zero-order valence-electron chi connectivity index (χ0n) is 10.1. The van der Waals surface area contributed by atoms with Crippen LogP contribution < -0.4 is 5.32 Å². The summed E-state index contributed by atoms with van der Waals surface area (Å²) in [6.45, 7) is 5.28. The van der Waals surface area contributed by atoms with Crippen LogP contribution in [-0.4, -0.2) is 22.6 Å². The summed E-state index contributed by atoms with van der Waals surface area (Å²) >= 11 is 3.41. The minimum absolute atomic E-state index is 0.892. The molecule has 0 saturated carbocycles. The van der Waals surface area contributed by atoms with Crippen LogP contribution in [0.1, 0.15) is 19.8 Å². The van der Waals surface area contributed by atoms with Crippen LogP contribution in [0, 0.1) is 0 Å². The van der Waals surface area contributed by atoms with Gasteiger partial charge in [0.05, 0.1) is 0 Å². The molecule has 92 valence electrons. The second-order valence-corrected chi connectivity index (χ2v) is 4.97. The third-order valence-electron chi connectivity index (χ3n) is 2.81. The van der Waals surface area contributed by atoms with Crippen LogP contribution in [0.15, 0.2) is 29.0 Å². The molecule has 0 aromatic carbocycles. The first-order chi connectivity index (χ1) is 8.31. The van der Waals surface area contributed by atoms with E-state index in [1.165, 1.54) is 18.2 Å². The lowest BCUT2D eigenvalue weighted by molar-refractivity contribution is 0.587. The maximum absolute atomic E-state index is 4.50. The van der Waals surface area contributed by atoms with Gasteiger partial charge in [-0.15, -0.1) is 0 Å². The number of unbranched alkanes of at least 4 members (excludes halogenated alkanes) is 1. The first-order valence-corrected chi connectivity index (χ1v) is 6.92. The van der Waals surface area contributed by atoms with Crippen molar-refractivity contribution in [2.45, 2.75) is 26.3 Å². The molecule has 0 aliphatic carbocycles. The maximum atomic E-state index is 4.50. The van der Waals surface area contributed by atoms with Crippen LogP contribution in [0.5, 0.6) is 0 Å². The topological polar surface area (TPSA) is 29.9 Å². The molecule has 0 fully saturated rings. The lowest BCUT2D eigenvalue weighted by Crippen LogP contribution is -2.20. The molecular formula is C13H18BrN3. The molecule has 0 unspecified atom stereocenters. The smallest absolute Gasteiger partial charge is 0.141 e. The van der Waals surface area contributed by atoms with Gasteiger partial charge in [-0.2, -0.15) is 0 Å². The van der Waals surface area contributed by atoms with Gasteiger partial charge in [0.1, 0.15) is 10.3 Å². The highest BCUT2D eigenvalue weighted by Gasteiger charge is 2.02. The monoisotopic (exact) mass is 295 g/mol. The Morgan fingerprint density at radius 1 is 1.29 bits per heavy atom. The number of pyridine rings is 1. The molecule has 2 rings (SSSR count). The Morgan fingerprint density at radius 2 is 2.18 bits per heavy atom. The molecule has 2 heterocycles. The lowest BCUT2D eigenvalue weighted by Gasteiger charge is -2.06. The molecule has 0 saturated heterocycles. The first-order valence-electron chi connectivity index (χ1n) is 6.13. The van der Waals surface area contributed by atoms with Crippen LogP contribution in [-0.2, 0) is 6.54 Å². The van der Waals surface area contributed by atoms with Gasteiger partial charge in [-0.3, -0.25) is 0 Å². The Morgan fingerprint density at radius 3 is 3.00 bits per heavy atom. The first kappa shape index (κ1) is 12.6. The Labute approximate surface area is 110 Å². The number of halogens is 1. The quantitative estimate of drug-likeness (QED) is 0.655. The largest absolute Gasteiger partial charge is 0.331 e. The zero-order valence-corrected chi connectivity index (χ0v) is 11.7. The molecule has 1 N–H and O–H groups in total. The number of nitrogens with one attached hydrogen (secondary N) is 1. The molecule has 0 bridgehead atoms. The molecule has 2 aromatic heterocycles. The van der Waals surface area contributed by atoms with Crippen molar-refractivity contribution >= 4 is 27.0 Å². The molecule has 3 nitrogen and oxygen atoms in total. The molecule has 2 aromatic rings. The third kappa shape index (κ3) is 3.30. The number of hydrogen-bond donors (Lipinski definition) is 1. The number of fused-ring (bicyclic) bond motifs is 1. The molecule has 0 aliphatic heterocycles. The van der Waals surface area contributed by atoms with Crippen LogP contribution in [0.4, 0.5) is 0 Å². The Hall–Kier alpha value is -0.870. The van der Waals surface area contributed by atoms with Crippen molar-refractivity contribution in [2.75, 3.05) is 13.1 Å². The highest BCUT2D eigenvalue weighted by Crippen LogP contribution is 2.16. The number of rotatable bonds is 6. The van der Waals surface area contributed by atoms with E-state index in [4.69, 9.17) is 0 Å². The van der Waals surface area contributed by atoms with Crippen molar-refractivity contribution in [1.82, 2.24) is 14.9 Å². The Bertz CT molecular complexity index is 478. The van der Waals surface area contributed by atoms with Crippen molar-refractivity contribution < 1.29 is 0 Å². The summed E-state index contributed by atoms with van der Waals surface area (Å²) in [7, 11) is 0. The fourth-order valence-electron chi connectivity index (χ4n) is 1.84. The number of nitrogens with zero attached hydrogens (tertiary/aromatic N) is 2. The van der Waals surface area contributed by atoms with Crippen LogP contribution >= 0.6 is 15.9 Å². The summed E-state index contributed by atoms with van der Waals surface area (Å²) < 4.78 is 3.09. The van der Waals surface area contributed by atoms with Crippen molar-refractivity contribution in [2.24, 2.45) is 0 Å². The molecule has 4 heteroatoms. The molecule has 17 heavy (non-hydrogen) atoms. The van der Waals surface area contributed by atoms with Crippen LogP contribution in [0.2, 0.25) is 0 Å². The van der Waals surface area contributed by atoms with Gasteiger partial charge < -0.3 is 9.88 Å². The highest BCUT2D eigenvalue weighted by molar-refractivity contribution is 9.10. The second kappa shape index (κ2) is 6.17. The summed E-state index contributed by atoms with van der Waals surface area (Å²) in [5.41, 5.74) is 1.05. The van der Waals surface area contributed by atoms with Gasteiger partial charge >= 0.3 is 0 Å². The van der Waals surface area contributed by atoms with E-state index in [0.717, 1.165) is 29.9 Å². The van der Waals surface area contributed by atoms with Crippen LogP contribution in [0.25, 0.3) is 11.0 Å². The van der Waals surface area contributed by atoms with Gasteiger partial charge in [0.15, 0.2) is 0 Å². The standard InChI is InChI=1S/C13H18BrN3/c1-2-3-7-15-8-10-17-9-6-11-4-5-12(14)16-13(11)17/h4-6,9,15H,2-3,7-8,10H2,1H3. The molecular weight excluding hydrogens is 278 g/mol. The highest BCUT2D eigenvalue weighted by atomic mass is 79.9. The van der Waals surface area contributed by atoms with Crippen LogP contribution in [0.3, 0.4) is 0 Å². The van der Waals surface area contributed by atoms with Gasteiger partial charge in [0.25, 0.3) is 0 Å². The van der Waals surface area contributed by atoms with Crippen molar-refractivity contribution in [3.05, 3.63) is 29.0 Å². The van der Waals surface area contributed by atoms with E-state index in [1.807, 2.05) is 6.07 Å². The maximum Gasteiger partial charge on any atom is 0.141 e. The third-order valence-corrected chi connectivity index (χ3v) is 3.26. The molecule has 0 atom stereocenters. The fraction of sp³-hybridized carbons (Fsp3) is 0.462. The van der Waals surface area contributed by atoms with Crippen molar-refractivity contribution in [1.29, 1.82) is 0 Å². The van der Waals surface area contributed by atoms with Gasteiger partial charge in [-0.05, 0) is 47.1 Å². The second-order valence-electron chi connectivity index (χ2n) is 4.16. The van der Waals surface area contributed by atoms with E-state index in [2.05, 4.69) is 56.1 Å². The molecule has 0 amide bonds. The predicted molar refractivity (Wildman–Crippen MR) is 75.2 cm³/mol. The van der Waals surface area contributed by atoms with Crippen molar-refractivity contribution in [3.8, 4) is 0 Å². The van der Waals surface area contributed by atoms with E-state index in [0.29, 0.717) is 0 Å². The van der Waals surface area contributed by atoms with Crippen molar-refractivity contribution in [3.63, 3.8) is 0 Å². The average molecular weight is 296 g/mol. The zero-order chi connectivity index (χ0) is 12.1. The molecule has 0 spiro atoms. The summed E-state index contributed by atoms with van der Waals surface area (Å²) in [4.78, 5) is 4.50. The SMILES string of the molecule is CCCCNCCn1ccc2ccc(Br)nc21. The van der Waals surface area contributed by atoms with Gasteiger partial charge in [-0.25, -0.2) is 4.98 Å². The summed E-state index contributed by atoms with van der Waals surface area (Å²) in [5.74, 6) is 0. The minimum atomic E-state index is 0.892. The van der Waals surface area contributed by atoms with E-state index < -0.39 is 0 Å². The fourth-order valence-corrected chi connectivity index (χ4v) is 2.14. The van der Waals surface area contributed by atoms with Gasteiger partial charge in [0.2, 0.25) is 0 Å². The van der Waals surface area contributed by atoms with E-state index in [9.17, 15) is 0 Å². The summed E-state index contributed by atoms with van der Waals surface area (Å²) in [5, 5.41) is 4.64. The summed E-state index contributed by atoms with van der Waals surface area (Å²) in [6, 6.07) is 6.18. The van der Waals surface area contributed by atoms with Gasteiger partial charge in [-0.1, -0.05) is 13.3 Å². The number of hydrogen-bond acceptors (Lipinski definition) is 2. The Balaban J connectivity index is 1.96. The number of aromatic nitrogens is 2. The van der Waals surface area contributed by atoms with E-state index in [1.54, 1.807) is 0 Å². The molecule has 0 radical (unpaired) electrons. The predicted octanol–water partition coefficient (Wildman–Crippen LogP) is 3.19. The molecule has 0 aliphatic rings. The lowest BCUT2D eigenvalue weighted by atomic mass is 10.3. The van der Waals surface area contributed by atoms with E-state index in [-0.39, 0.29) is 0 Å². The summed E-state index contributed by atoms with van der Waals surface area (Å²) in [6.07, 6.45) is 4.59. The Kier molecular flexibility index (Phi) is 4.57. The van der Waals surface area contributed by atoms with E-state index >= 15 is 0 Å². The minimum Gasteiger partial charge on any atom is -0.331 e. The van der Waals surface area contributed by atoms with Gasteiger partial charge in [0, 0.05) is 24.7 Å².